The lowest BCUT2D eigenvalue weighted by Crippen LogP contribution is -2.28. The number of hydrogen-bond donors (Lipinski definition) is 0. The molecular weight excluding hydrogens is 344 g/mol. The number of carbonyl (C=O) groups is 2. The van der Waals surface area contributed by atoms with Crippen LogP contribution in [0.4, 0.5) is 0 Å². The number of benzene rings is 2. The number of hydrogen-bond acceptors (Lipinski definition) is 4. The van der Waals surface area contributed by atoms with Crippen molar-refractivity contribution < 1.29 is 9.59 Å². The van der Waals surface area contributed by atoms with Gasteiger partial charge in [-0.1, -0.05) is 55.5 Å². The smallest absolute Gasteiger partial charge is 0.254 e. The summed E-state index contributed by atoms with van der Waals surface area (Å²) < 4.78 is 0. The van der Waals surface area contributed by atoms with Gasteiger partial charge in [-0.15, -0.1) is 11.3 Å². The van der Waals surface area contributed by atoms with E-state index in [4.69, 9.17) is 0 Å². The molecule has 1 amide bonds. The monoisotopic (exact) mass is 364 g/mol. The lowest BCUT2D eigenvalue weighted by atomic mass is 9.97. The highest BCUT2D eigenvalue weighted by Gasteiger charge is 2.21. The standard InChI is InChI=1S/C21H20N2O2S/c1-3-19-22-16(14-26-19)13-23(2)21(25)18-12-8-7-11-17(18)20(24)15-9-5-4-6-10-15/h4-12,14H,3,13H2,1-2H3. The maximum Gasteiger partial charge on any atom is 0.254 e. The normalized spacial score (nSPS) is 10.5. The summed E-state index contributed by atoms with van der Waals surface area (Å²) in [6, 6.07) is 16.0. The minimum atomic E-state index is -0.184. The zero-order chi connectivity index (χ0) is 18.5. The molecule has 5 heteroatoms. The number of carbonyl (C=O) groups excluding carboxylic acids is 2. The van der Waals surface area contributed by atoms with Crippen LogP contribution in [0.5, 0.6) is 0 Å². The summed E-state index contributed by atoms with van der Waals surface area (Å²) in [7, 11) is 1.73. The molecule has 0 aliphatic rings. The highest BCUT2D eigenvalue weighted by atomic mass is 32.1. The van der Waals surface area contributed by atoms with E-state index in [-0.39, 0.29) is 11.7 Å². The average Bonchev–Trinajstić information content (AvgIpc) is 3.15. The zero-order valence-electron chi connectivity index (χ0n) is 14.8. The molecule has 0 bridgehead atoms. The molecule has 0 atom stereocenters. The number of aryl methyl sites for hydroxylation is 1. The molecular formula is C21H20N2O2S. The number of thiazole rings is 1. The van der Waals surface area contributed by atoms with Crippen LogP contribution >= 0.6 is 11.3 Å². The maximum atomic E-state index is 12.9. The molecule has 1 aromatic heterocycles. The average molecular weight is 364 g/mol. The summed E-state index contributed by atoms with van der Waals surface area (Å²) >= 11 is 1.60. The first-order valence-electron chi connectivity index (χ1n) is 8.47. The van der Waals surface area contributed by atoms with Crippen molar-refractivity contribution in [3.63, 3.8) is 0 Å². The molecule has 3 aromatic rings. The second kappa shape index (κ2) is 8.06. The summed E-state index contributed by atoms with van der Waals surface area (Å²) in [4.78, 5) is 31.9. The van der Waals surface area contributed by atoms with Crippen molar-refractivity contribution in [1.29, 1.82) is 0 Å². The Kier molecular flexibility index (Phi) is 5.58. The van der Waals surface area contributed by atoms with Gasteiger partial charge in [-0.2, -0.15) is 0 Å². The Morgan fingerprint density at radius 2 is 1.65 bits per heavy atom. The Labute approximate surface area is 157 Å². The largest absolute Gasteiger partial charge is 0.336 e. The Morgan fingerprint density at radius 3 is 2.31 bits per heavy atom. The summed E-state index contributed by atoms with van der Waals surface area (Å²) in [6.07, 6.45) is 0.886. The third-order valence-corrected chi connectivity index (χ3v) is 5.13. The minimum Gasteiger partial charge on any atom is -0.336 e. The van der Waals surface area contributed by atoms with Gasteiger partial charge in [0.05, 0.1) is 22.8 Å². The van der Waals surface area contributed by atoms with Crippen LogP contribution in [0.1, 0.15) is 43.9 Å². The van der Waals surface area contributed by atoms with Gasteiger partial charge in [0.15, 0.2) is 5.78 Å². The molecule has 3 rings (SSSR count). The highest BCUT2D eigenvalue weighted by Crippen LogP contribution is 2.18. The van der Waals surface area contributed by atoms with Crippen molar-refractivity contribution in [3.05, 3.63) is 87.4 Å². The Hall–Kier alpha value is -2.79. The third-order valence-electron chi connectivity index (χ3n) is 4.09. The molecule has 4 nitrogen and oxygen atoms in total. The van der Waals surface area contributed by atoms with Crippen LogP contribution in [-0.2, 0) is 13.0 Å². The van der Waals surface area contributed by atoms with Gasteiger partial charge in [-0.05, 0) is 12.5 Å². The predicted octanol–water partition coefficient (Wildman–Crippen LogP) is 4.21. The lowest BCUT2D eigenvalue weighted by molar-refractivity contribution is 0.0779. The Balaban J connectivity index is 1.84. The number of nitrogens with zero attached hydrogens (tertiary/aromatic N) is 2. The molecule has 1 heterocycles. The number of aromatic nitrogens is 1. The fraction of sp³-hybridized carbons (Fsp3) is 0.190. The summed E-state index contributed by atoms with van der Waals surface area (Å²) in [6.45, 7) is 2.48. The fourth-order valence-electron chi connectivity index (χ4n) is 2.72. The van der Waals surface area contributed by atoms with Crippen LogP contribution in [-0.4, -0.2) is 28.6 Å². The molecule has 0 N–H and O–H groups in total. The van der Waals surface area contributed by atoms with E-state index in [0.29, 0.717) is 23.2 Å². The maximum absolute atomic E-state index is 12.9. The summed E-state index contributed by atoms with van der Waals surface area (Å²) in [5.74, 6) is -0.333. The molecule has 132 valence electrons. The Morgan fingerprint density at radius 1 is 1.00 bits per heavy atom. The zero-order valence-corrected chi connectivity index (χ0v) is 15.6. The second-order valence-electron chi connectivity index (χ2n) is 5.99. The third kappa shape index (κ3) is 3.89. The van der Waals surface area contributed by atoms with Crippen molar-refractivity contribution in [1.82, 2.24) is 9.88 Å². The van der Waals surface area contributed by atoms with E-state index >= 15 is 0 Å². The van der Waals surface area contributed by atoms with Crippen LogP contribution < -0.4 is 0 Å². The van der Waals surface area contributed by atoms with E-state index in [0.717, 1.165) is 17.1 Å². The van der Waals surface area contributed by atoms with E-state index in [2.05, 4.69) is 11.9 Å². The minimum absolute atomic E-state index is 0.148. The number of amides is 1. The van der Waals surface area contributed by atoms with Gasteiger partial charge in [0.2, 0.25) is 0 Å². The van der Waals surface area contributed by atoms with Gasteiger partial charge >= 0.3 is 0 Å². The molecule has 0 aliphatic heterocycles. The molecule has 0 radical (unpaired) electrons. The van der Waals surface area contributed by atoms with E-state index in [9.17, 15) is 9.59 Å². The SMILES string of the molecule is CCc1nc(CN(C)C(=O)c2ccccc2C(=O)c2ccccc2)cs1. The van der Waals surface area contributed by atoms with Gasteiger partial charge in [-0.25, -0.2) is 4.98 Å². The first-order valence-corrected chi connectivity index (χ1v) is 9.35. The van der Waals surface area contributed by atoms with Crippen LogP contribution in [0.25, 0.3) is 0 Å². The fourth-order valence-corrected chi connectivity index (χ4v) is 3.45. The van der Waals surface area contributed by atoms with E-state index < -0.39 is 0 Å². The van der Waals surface area contributed by atoms with E-state index in [1.807, 2.05) is 23.6 Å². The lowest BCUT2D eigenvalue weighted by Gasteiger charge is -2.18. The van der Waals surface area contributed by atoms with Crippen molar-refractivity contribution in [2.45, 2.75) is 19.9 Å². The van der Waals surface area contributed by atoms with Crippen LogP contribution in [0, 0.1) is 0 Å². The van der Waals surface area contributed by atoms with Crippen LogP contribution in [0.15, 0.2) is 60.0 Å². The summed E-state index contributed by atoms with van der Waals surface area (Å²) in [5, 5.41) is 3.03. The van der Waals surface area contributed by atoms with Gasteiger partial charge in [0.1, 0.15) is 0 Å². The molecule has 0 saturated carbocycles. The molecule has 26 heavy (non-hydrogen) atoms. The predicted molar refractivity (Wildman–Crippen MR) is 104 cm³/mol. The molecule has 0 aliphatic carbocycles. The van der Waals surface area contributed by atoms with Gasteiger partial charge in [0.25, 0.3) is 5.91 Å². The molecule has 0 saturated heterocycles. The molecule has 0 fully saturated rings. The van der Waals surface area contributed by atoms with E-state index in [1.54, 1.807) is 59.7 Å². The van der Waals surface area contributed by atoms with E-state index in [1.165, 1.54) is 0 Å². The van der Waals surface area contributed by atoms with Crippen LogP contribution in [0.2, 0.25) is 0 Å². The number of rotatable bonds is 6. The molecule has 0 spiro atoms. The first-order chi connectivity index (χ1) is 12.6. The van der Waals surface area contributed by atoms with Crippen molar-refractivity contribution in [2.75, 3.05) is 7.05 Å². The van der Waals surface area contributed by atoms with Crippen LogP contribution in [0.3, 0.4) is 0 Å². The molecule has 0 unspecified atom stereocenters. The quantitative estimate of drug-likeness (QED) is 0.616. The second-order valence-corrected chi connectivity index (χ2v) is 6.93. The topological polar surface area (TPSA) is 50.3 Å². The van der Waals surface area contributed by atoms with Gasteiger partial charge in [0, 0.05) is 23.6 Å². The summed E-state index contributed by atoms with van der Waals surface area (Å²) in [5.41, 5.74) is 2.27. The van der Waals surface area contributed by atoms with Crippen molar-refractivity contribution in [3.8, 4) is 0 Å². The first kappa shape index (κ1) is 18.0. The van der Waals surface area contributed by atoms with Gasteiger partial charge in [-0.3, -0.25) is 9.59 Å². The Bertz CT molecular complexity index is 919. The van der Waals surface area contributed by atoms with Gasteiger partial charge < -0.3 is 4.90 Å². The van der Waals surface area contributed by atoms with Crippen molar-refractivity contribution >= 4 is 23.0 Å². The highest BCUT2D eigenvalue weighted by molar-refractivity contribution is 7.09. The molecule has 2 aromatic carbocycles. The van der Waals surface area contributed by atoms with Crippen molar-refractivity contribution in [2.24, 2.45) is 0 Å². The number of ketones is 1.